The van der Waals surface area contributed by atoms with Crippen molar-refractivity contribution in [3.05, 3.63) is 23.4 Å². The first-order chi connectivity index (χ1) is 8.27. The van der Waals surface area contributed by atoms with E-state index in [2.05, 4.69) is 5.10 Å². The number of nitrogens with zero attached hydrogens (tertiary/aromatic N) is 2. The summed E-state index contributed by atoms with van der Waals surface area (Å²) in [5.74, 6) is 0. The van der Waals surface area contributed by atoms with Crippen LogP contribution < -0.4 is 5.73 Å². The molecule has 1 aliphatic rings. The molecule has 2 N–H and O–H groups in total. The topological polar surface area (TPSA) is 53.1 Å². The summed E-state index contributed by atoms with van der Waals surface area (Å²) in [6, 6.07) is 3.76. The van der Waals surface area contributed by atoms with Gasteiger partial charge in [-0.05, 0) is 31.4 Å². The Morgan fingerprint density at radius 1 is 1.41 bits per heavy atom. The molecule has 0 saturated carbocycles. The van der Waals surface area contributed by atoms with Crippen LogP contribution in [0, 0.1) is 0 Å². The Hall–Kier alpha value is -1.26. The molecular weight excluding hydrogens is 238 g/mol. The van der Waals surface area contributed by atoms with Crippen molar-refractivity contribution in [3.8, 4) is 0 Å². The van der Waals surface area contributed by atoms with Crippen molar-refractivity contribution in [2.24, 2.45) is 0 Å². The maximum atomic E-state index is 6.16. The monoisotopic (exact) mass is 251 g/mol. The van der Waals surface area contributed by atoms with Gasteiger partial charge in [0.15, 0.2) is 6.23 Å². The Labute approximate surface area is 104 Å². The Balaban J connectivity index is 2.08. The smallest absolute Gasteiger partial charge is 0.150 e. The largest absolute Gasteiger partial charge is 0.398 e. The van der Waals surface area contributed by atoms with Crippen molar-refractivity contribution in [2.45, 2.75) is 25.5 Å². The number of ether oxygens (including phenoxy) is 1. The van der Waals surface area contributed by atoms with Crippen molar-refractivity contribution in [2.75, 3.05) is 12.3 Å². The van der Waals surface area contributed by atoms with Crippen molar-refractivity contribution in [1.29, 1.82) is 0 Å². The number of nitrogen functional groups attached to an aromatic ring is 1. The molecule has 0 radical (unpaired) electrons. The molecule has 1 unspecified atom stereocenters. The van der Waals surface area contributed by atoms with Crippen LogP contribution in [-0.2, 0) is 4.74 Å². The van der Waals surface area contributed by atoms with Gasteiger partial charge in [-0.1, -0.05) is 11.6 Å². The molecule has 0 aliphatic carbocycles. The van der Waals surface area contributed by atoms with Crippen LogP contribution in [0.15, 0.2) is 18.3 Å². The highest BCUT2D eigenvalue weighted by atomic mass is 35.5. The summed E-state index contributed by atoms with van der Waals surface area (Å²) in [5.41, 5.74) is 7.34. The van der Waals surface area contributed by atoms with Crippen molar-refractivity contribution in [1.82, 2.24) is 9.78 Å². The molecule has 17 heavy (non-hydrogen) atoms. The van der Waals surface area contributed by atoms with E-state index in [0.717, 1.165) is 30.4 Å². The van der Waals surface area contributed by atoms with Crippen LogP contribution in [0.1, 0.15) is 25.5 Å². The molecule has 1 aliphatic heterocycles. The molecule has 1 aromatic heterocycles. The number of aromatic nitrogens is 2. The summed E-state index contributed by atoms with van der Waals surface area (Å²) < 4.78 is 7.63. The van der Waals surface area contributed by atoms with Gasteiger partial charge < -0.3 is 10.5 Å². The molecule has 0 amide bonds. The van der Waals surface area contributed by atoms with Gasteiger partial charge in [0.25, 0.3) is 0 Å². The average Bonchev–Trinajstić information content (AvgIpc) is 2.79. The van der Waals surface area contributed by atoms with Gasteiger partial charge in [-0.25, -0.2) is 4.68 Å². The molecule has 2 heterocycles. The summed E-state index contributed by atoms with van der Waals surface area (Å²) in [5, 5.41) is 5.84. The van der Waals surface area contributed by atoms with Gasteiger partial charge in [0.05, 0.1) is 22.4 Å². The molecule has 1 aromatic carbocycles. The van der Waals surface area contributed by atoms with E-state index in [0.29, 0.717) is 10.7 Å². The minimum absolute atomic E-state index is 0.0286. The molecule has 5 heteroatoms. The molecule has 1 saturated heterocycles. The van der Waals surface area contributed by atoms with Gasteiger partial charge in [-0.2, -0.15) is 5.10 Å². The molecule has 90 valence electrons. The second kappa shape index (κ2) is 4.20. The van der Waals surface area contributed by atoms with Gasteiger partial charge in [-0.15, -0.1) is 0 Å². The van der Waals surface area contributed by atoms with E-state index in [1.54, 1.807) is 6.20 Å². The zero-order chi connectivity index (χ0) is 11.8. The summed E-state index contributed by atoms with van der Waals surface area (Å²) in [6.07, 6.45) is 5.09. The van der Waals surface area contributed by atoms with Crippen LogP contribution in [0.3, 0.4) is 0 Å². The van der Waals surface area contributed by atoms with Gasteiger partial charge in [0.1, 0.15) is 0 Å². The number of rotatable bonds is 1. The molecule has 2 aromatic rings. The lowest BCUT2D eigenvalue weighted by atomic mass is 10.2. The van der Waals surface area contributed by atoms with Crippen LogP contribution in [0.4, 0.5) is 5.69 Å². The molecule has 1 atom stereocenters. The second-order valence-electron chi connectivity index (χ2n) is 4.31. The van der Waals surface area contributed by atoms with Crippen LogP contribution >= 0.6 is 11.6 Å². The molecule has 3 rings (SSSR count). The van der Waals surface area contributed by atoms with Gasteiger partial charge in [-0.3, -0.25) is 0 Å². The minimum atomic E-state index is 0.0286. The molecule has 0 spiro atoms. The second-order valence-corrected chi connectivity index (χ2v) is 4.69. The third-order valence-corrected chi connectivity index (χ3v) is 3.59. The highest BCUT2D eigenvalue weighted by Crippen LogP contribution is 2.32. The lowest BCUT2D eigenvalue weighted by Crippen LogP contribution is -2.18. The van der Waals surface area contributed by atoms with E-state index in [1.807, 2.05) is 16.8 Å². The number of hydrogen-bond donors (Lipinski definition) is 1. The Morgan fingerprint density at radius 2 is 2.29 bits per heavy atom. The minimum Gasteiger partial charge on any atom is -0.398 e. The quantitative estimate of drug-likeness (QED) is 0.793. The molecular formula is C12H14ClN3O. The molecule has 1 fully saturated rings. The van der Waals surface area contributed by atoms with Gasteiger partial charge >= 0.3 is 0 Å². The summed E-state index contributed by atoms with van der Waals surface area (Å²) in [4.78, 5) is 0. The standard InChI is InChI=1S/C12H14ClN3O/c13-12-8-7-15-16(10(8)5-4-9(12)14)11-3-1-2-6-17-11/h4-5,7,11H,1-3,6,14H2. The van der Waals surface area contributed by atoms with E-state index in [9.17, 15) is 0 Å². The van der Waals surface area contributed by atoms with Crippen LogP contribution in [0.5, 0.6) is 0 Å². The lowest BCUT2D eigenvalue weighted by molar-refractivity contribution is -0.0366. The van der Waals surface area contributed by atoms with Crippen LogP contribution in [-0.4, -0.2) is 16.4 Å². The van der Waals surface area contributed by atoms with E-state index in [4.69, 9.17) is 22.1 Å². The first kappa shape index (κ1) is 10.9. The third kappa shape index (κ3) is 1.77. The van der Waals surface area contributed by atoms with Crippen molar-refractivity contribution >= 4 is 28.2 Å². The number of benzene rings is 1. The SMILES string of the molecule is Nc1ccc2c(cnn2C2CCCCO2)c1Cl. The van der Waals surface area contributed by atoms with Crippen molar-refractivity contribution < 1.29 is 4.74 Å². The Bertz CT molecular complexity index is 546. The summed E-state index contributed by atoms with van der Waals surface area (Å²) in [6.45, 7) is 0.800. The molecule has 0 bridgehead atoms. The fraction of sp³-hybridized carbons (Fsp3) is 0.417. The lowest BCUT2D eigenvalue weighted by Gasteiger charge is -2.23. The Kier molecular flexibility index (Phi) is 2.68. The van der Waals surface area contributed by atoms with Gasteiger partial charge in [0.2, 0.25) is 0 Å². The number of halogens is 1. The predicted molar refractivity (Wildman–Crippen MR) is 68.0 cm³/mol. The van der Waals surface area contributed by atoms with Crippen molar-refractivity contribution in [3.63, 3.8) is 0 Å². The van der Waals surface area contributed by atoms with E-state index >= 15 is 0 Å². The average molecular weight is 252 g/mol. The first-order valence-corrected chi connectivity index (χ1v) is 6.18. The number of hydrogen-bond acceptors (Lipinski definition) is 3. The first-order valence-electron chi connectivity index (χ1n) is 5.80. The fourth-order valence-corrected chi connectivity index (χ4v) is 2.46. The van der Waals surface area contributed by atoms with Crippen LogP contribution in [0.25, 0.3) is 10.9 Å². The van der Waals surface area contributed by atoms with E-state index < -0.39 is 0 Å². The maximum Gasteiger partial charge on any atom is 0.150 e. The van der Waals surface area contributed by atoms with Gasteiger partial charge in [0, 0.05) is 12.0 Å². The third-order valence-electron chi connectivity index (χ3n) is 3.17. The molecule has 4 nitrogen and oxygen atoms in total. The van der Waals surface area contributed by atoms with E-state index in [-0.39, 0.29) is 6.23 Å². The normalized spacial score (nSPS) is 20.9. The summed E-state index contributed by atoms with van der Waals surface area (Å²) in [7, 11) is 0. The maximum absolute atomic E-state index is 6.16. The summed E-state index contributed by atoms with van der Waals surface area (Å²) >= 11 is 6.16. The zero-order valence-electron chi connectivity index (χ0n) is 9.40. The number of fused-ring (bicyclic) bond motifs is 1. The number of nitrogens with two attached hydrogens (primary N) is 1. The predicted octanol–water partition coefficient (Wildman–Crippen LogP) is 2.97. The van der Waals surface area contributed by atoms with E-state index in [1.165, 1.54) is 6.42 Å². The zero-order valence-corrected chi connectivity index (χ0v) is 10.2. The van der Waals surface area contributed by atoms with Crippen LogP contribution in [0.2, 0.25) is 5.02 Å². The Morgan fingerprint density at radius 3 is 3.06 bits per heavy atom. The highest BCUT2D eigenvalue weighted by Gasteiger charge is 2.19. The highest BCUT2D eigenvalue weighted by molar-refractivity contribution is 6.37. The number of anilines is 1. The fourth-order valence-electron chi connectivity index (χ4n) is 2.25.